The van der Waals surface area contributed by atoms with Gasteiger partial charge in [0.05, 0.1) is 30.3 Å². The van der Waals surface area contributed by atoms with E-state index in [0.717, 1.165) is 47.0 Å². The molecule has 0 amide bonds. The summed E-state index contributed by atoms with van der Waals surface area (Å²) in [4.78, 5) is 6.34. The minimum Gasteiger partial charge on any atom is -0.497 e. The fourth-order valence-corrected chi connectivity index (χ4v) is 4.43. The lowest BCUT2D eigenvalue weighted by Gasteiger charge is -2.23. The minimum atomic E-state index is 0.284. The van der Waals surface area contributed by atoms with Crippen LogP contribution in [0.3, 0.4) is 0 Å². The average Bonchev–Trinajstić information content (AvgIpc) is 3.47. The van der Waals surface area contributed by atoms with Gasteiger partial charge in [-0.05, 0) is 67.6 Å². The van der Waals surface area contributed by atoms with Gasteiger partial charge < -0.3 is 9.47 Å². The molecular formula is C25H30N8O2. The van der Waals surface area contributed by atoms with Crippen molar-refractivity contribution in [3.63, 3.8) is 0 Å². The Bertz CT molecular complexity index is 1290. The van der Waals surface area contributed by atoms with Gasteiger partial charge in [-0.15, -0.1) is 15.3 Å². The number of benzene rings is 1. The van der Waals surface area contributed by atoms with Gasteiger partial charge in [-0.2, -0.15) is 4.80 Å². The summed E-state index contributed by atoms with van der Waals surface area (Å²) in [6.45, 7) is 2.35. The van der Waals surface area contributed by atoms with Crippen molar-refractivity contribution in [1.82, 2.24) is 40.2 Å². The number of tetrazole rings is 1. The Hall–Kier alpha value is -3.82. The number of hydrogen-bond acceptors (Lipinski definition) is 8. The fourth-order valence-electron chi connectivity index (χ4n) is 4.43. The van der Waals surface area contributed by atoms with Crippen LogP contribution in [0, 0.1) is 6.92 Å². The second-order valence-electron chi connectivity index (χ2n) is 8.93. The van der Waals surface area contributed by atoms with Gasteiger partial charge in [-0.3, -0.25) is 0 Å². The molecule has 1 saturated carbocycles. The number of rotatable bonds is 8. The standard InChI is InChI=1S/C25H30N8O2/c1-17-23(35-19-9-5-4-6-10-19)13-12-21(26-17)25-22(32(2)30-28-25)16-33-29-24(27-31-33)15-18-8-7-11-20(14-18)34-3/h7-8,11-14,19H,4-6,9-10,15-16H2,1-3H3. The molecule has 0 unspecified atom stereocenters. The maximum Gasteiger partial charge on any atom is 0.179 e. The molecule has 10 heteroatoms. The maximum atomic E-state index is 6.23. The van der Waals surface area contributed by atoms with Crippen molar-refractivity contribution >= 4 is 0 Å². The highest BCUT2D eigenvalue weighted by atomic mass is 16.5. The Morgan fingerprint density at radius 3 is 2.69 bits per heavy atom. The van der Waals surface area contributed by atoms with E-state index in [9.17, 15) is 0 Å². The molecule has 1 aliphatic carbocycles. The Balaban J connectivity index is 1.31. The Morgan fingerprint density at radius 1 is 1.03 bits per heavy atom. The smallest absolute Gasteiger partial charge is 0.179 e. The number of nitrogens with zero attached hydrogens (tertiary/aromatic N) is 8. The first kappa shape index (κ1) is 22.9. The topological polar surface area (TPSA) is 106 Å². The number of methoxy groups -OCH3 is 1. The third-order valence-electron chi connectivity index (χ3n) is 6.35. The fraction of sp³-hybridized carbons (Fsp3) is 0.440. The summed E-state index contributed by atoms with van der Waals surface area (Å²) in [6, 6.07) is 11.8. The van der Waals surface area contributed by atoms with Gasteiger partial charge in [0, 0.05) is 13.5 Å². The van der Waals surface area contributed by atoms with E-state index in [1.807, 2.05) is 50.4 Å². The van der Waals surface area contributed by atoms with Crippen molar-refractivity contribution in [2.75, 3.05) is 7.11 Å². The molecule has 3 heterocycles. The molecule has 0 atom stereocenters. The summed E-state index contributed by atoms with van der Waals surface area (Å²) in [7, 11) is 3.51. The van der Waals surface area contributed by atoms with Gasteiger partial charge in [0.1, 0.15) is 23.7 Å². The predicted molar refractivity (Wildman–Crippen MR) is 129 cm³/mol. The van der Waals surface area contributed by atoms with Crippen LogP contribution < -0.4 is 9.47 Å². The molecule has 5 rings (SSSR count). The number of ether oxygens (including phenoxy) is 2. The Morgan fingerprint density at radius 2 is 1.89 bits per heavy atom. The van der Waals surface area contributed by atoms with Crippen molar-refractivity contribution in [2.24, 2.45) is 7.05 Å². The lowest BCUT2D eigenvalue weighted by molar-refractivity contribution is 0.153. The molecule has 182 valence electrons. The summed E-state index contributed by atoms with van der Waals surface area (Å²) in [5.74, 6) is 2.28. The molecule has 10 nitrogen and oxygen atoms in total. The molecule has 35 heavy (non-hydrogen) atoms. The van der Waals surface area contributed by atoms with Crippen molar-refractivity contribution in [3.05, 3.63) is 59.2 Å². The van der Waals surface area contributed by atoms with Crippen LogP contribution in [0.1, 0.15) is 54.9 Å². The van der Waals surface area contributed by atoms with Gasteiger partial charge in [0.15, 0.2) is 5.82 Å². The third-order valence-corrected chi connectivity index (χ3v) is 6.35. The van der Waals surface area contributed by atoms with Crippen LogP contribution >= 0.6 is 0 Å². The monoisotopic (exact) mass is 474 g/mol. The van der Waals surface area contributed by atoms with Gasteiger partial charge >= 0.3 is 0 Å². The minimum absolute atomic E-state index is 0.284. The molecule has 0 radical (unpaired) electrons. The van der Waals surface area contributed by atoms with Crippen molar-refractivity contribution in [2.45, 2.75) is 58.1 Å². The van der Waals surface area contributed by atoms with E-state index < -0.39 is 0 Å². The highest BCUT2D eigenvalue weighted by Crippen LogP contribution is 2.28. The molecule has 4 aromatic rings. The normalized spacial score (nSPS) is 14.3. The third kappa shape index (κ3) is 5.31. The van der Waals surface area contributed by atoms with Crippen LogP contribution in [-0.4, -0.2) is 53.4 Å². The maximum absolute atomic E-state index is 6.23. The molecule has 1 aliphatic rings. The summed E-state index contributed by atoms with van der Waals surface area (Å²) >= 11 is 0. The lowest BCUT2D eigenvalue weighted by Crippen LogP contribution is -2.20. The highest BCUT2D eigenvalue weighted by Gasteiger charge is 2.19. The number of aromatic nitrogens is 8. The summed E-state index contributed by atoms with van der Waals surface area (Å²) < 4.78 is 13.3. The largest absolute Gasteiger partial charge is 0.497 e. The van der Waals surface area contributed by atoms with Gasteiger partial charge in [-0.25, -0.2) is 9.67 Å². The summed E-state index contributed by atoms with van der Waals surface area (Å²) in [5.41, 5.74) is 4.21. The Kier molecular flexibility index (Phi) is 6.69. The van der Waals surface area contributed by atoms with Gasteiger partial charge in [0.2, 0.25) is 0 Å². The molecule has 0 bridgehead atoms. The van der Waals surface area contributed by atoms with Crippen molar-refractivity contribution in [1.29, 1.82) is 0 Å². The van der Waals surface area contributed by atoms with Crippen LogP contribution in [0.15, 0.2) is 36.4 Å². The van der Waals surface area contributed by atoms with Crippen LogP contribution in [0.25, 0.3) is 11.4 Å². The van der Waals surface area contributed by atoms with Crippen LogP contribution in [0.4, 0.5) is 0 Å². The molecule has 1 fully saturated rings. The molecule has 0 aliphatic heterocycles. The molecule has 1 aromatic carbocycles. The van der Waals surface area contributed by atoms with E-state index in [4.69, 9.17) is 14.5 Å². The zero-order valence-corrected chi connectivity index (χ0v) is 20.4. The first-order chi connectivity index (χ1) is 17.1. The quantitative estimate of drug-likeness (QED) is 0.382. The van der Waals surface area contributed by atoms with Crippen molar-refractivity contribution in [3.8, 4) is 22.9 Å². The van der Waals surface area contributed by atoms with E-state index in [-0.39, 0.29) is 6.10 Å². The predicted octanol–water partition coefficient (Wildman–Crippen LogP) is 3.53. The van der Waals surface area contributed by atoms with E-state index in [1.54, 1.807) is 16.6 Å². The van der Waals surface area contributed by atoms with E-state index in [1.165, 1.54) is 19.3 Å². The van der Waals surface area contributed by atoms with Gasteiger partial charge in [0.25, 0.3) is 0 Å². The Labute approximate surface area is 204 Å². The van der Waals surface area contributed by atoms with Crippen LogP contribution in [0.2, 0.25) is 0 Å². The van der Waals surface area contributed by atoms with Crippen LogP contribution in [-0.2, 0) is 20.0 Å². The summed E-state index contributed by atoms with van der Waals surface area (Å²) in [6.07, 6.45) is 6.84. The first-order valence-corrected chi connectivity index (χ1v) is 12.0. The number of pyridine rings is 1. The second-order valence-corrected chi connectivity index (χ2v) is 8.93. The SMILES string of the molecule is COc1cccc(Cc2nnn(Cc3c(-c4ccc(OC5CCCCC5)c(C)n4)nnn3C)n2)c1. The van der Waals surface area contributed by atoms with E-state index in [2.05, 4.69) is 25.7 Å². The van der Waals surface area contributed by atoms with E-state index in [0.29, 0.717) is 24.5 Å². The second kappa shape index (κ2) is 10.2. The highest BCUT2D eigenvalue weighted by molar-refractivity contribution is 5.58. The van der Waals surface area contributed by atoms with Crippen LogP contribution in [0.5, 0.6) is 11.5 Å². The summed E-state index contributed by atoms with van der Waals surface area (Å²) in [5, 5.41) is 21.6. The molecule has 0 N–H and O–H groups in total. The van der Waals surface area contributed by atoms with E-state index >= 15 is 0 Å². The zero-order valence-electron chi connectivity index (χ0n) is 20.4. The molecule has 0 saturated heterocycles. The first-order valence-electron chi connectivity index (χ1n) is 12.0. The molecular weight excluding hydrogens is 444 g/mol. The average molecular weight is 475 g/mol. The molecule has 0 spiro atoms. The number of hydrogen-bond donors (Lipinski definition) is 0. The number of aryl methyl sites for hydroxylation is 2. The zero-order chi connectivity index (χ0) is 24.2. The molecule has 3 aromatic heterocycles. The van der Waals surface area contributed by atoms with Gasteiger partial charge in [-0.1, -0.05) is 23.8 Å². The van der Waals surface area contributed by atoms with Crippen molar-refractivity contribution < 1.29 is 9.47 Å². The lowest BCUT2D eigenvalue weighted by atomic mass is 9.98.